The van der Waals surface area contributed by atoms with E-state index >= 15 is 0 Å². The number of hydrogen-bond donors (Lipinski definition) is 0. The molecule has 0 bridgehead atoms. The molecule has 0 fully saturated rings. The van der Waals surface area contributed by atoms with Crippen LogP contribution in [0.1, 0.15) is 36.7 Å². The molecule has 0 unspecified atom stereocenters. The van der Waals surface area contributed by atoms with Gasteiger partial charge in [-0.15, -0.1) is 0 Å². The molecule has 0 aliphatic rings. The quantitative estimate of drug-likeness (QED) is 0.352. The lowest BCUT2D eigenvalue weighted by Crippen LogP contribution is -2.02. The predicted octanol–water partition coefficient (Wildman–Crippen LogP) is 4.71. The zero-order valence-electron chi connectivity index (χ0n) is 15.9. The van der Waals surface area contributed by atoms with E-state index in [0.29, 0.717) is 46.7 Å². The van der Waals surface area contributed by atoms with Crippen molar-refractivity contribution < 1.29 is 14.5 Å². The van der Waals surface area contributed by atoms with Crippen molar-refractivity contribution in [2.75, 3.05) is 6.61 Å². The second-order valence-electron chi connectivity index (χ2n) is 6.24. The lowest BCUT2D eigenvalue weighted by Gasteiger charge is -2.11. The van der Waals surface area contributed by atoms with Gasteiger partial charge in [-0.3, -0.25) is 14.9 Å². The summed E-state index contributed by atoms with van der Waals surface area (Å²) < 4.78 is 7.60. The van der Waals surface area contributed by atoms with E-state index in [-0.39, 0.29) is 11.5 Å². The van der Waals surface area contributed by atoms with Crippen LogP contribution in [0.5, 0.6) is 5.75 Å². The maximum absolute atomic E-state index is 12.1. The molecule has 2 aromatic carbocycles. The van der Waals surface area contributed by atoms with E-state index in [9.17, 15) is 20.2 Å². The smallest absolute Gasteiger partial charge is 0.269 e. The molecule has 0 saturated carbocycles. The number of Topliss-reactive ketones (excluding diaryl/α,β-unsaturated/α-hetero) is 1. The van der Waals surface area contributed by atoms with Gasteiger partial charge in [0.15, 0.2) is 5.78 Å². The van der Waals surface area contributed by atoms with Crippen LogP contribution in [0, 0.1) is 21.4 Å². The van der Waals surface area contributed by atoms with E-state index in [0.717, 1.165) is 5.52 Å². The average Bonchev–Trinajstić information content (AvgIpc) is 2.99. The van der Waals surface area contributed by atoms with E-state index in [1.165, 1.54) is 19.1 Å². The molecule has 0 N–H and O–H groups in total. The summed E-state index contributed by atoms with van der Waals surface area (Å²) in [7, 11) is 0. The Kier molecular flexibility index (Phi) is 5.14. The molecular weight excluding hydrogens is 358 g/mol. The minimum absolute atomic E-state index is 0.0149. The van der Waals surface area contributed by atoms with Crippen LogP contribution in [-0.2, 0) is 6.54 Å². The van der Waals surface area contributed by atoms with Gasteiger partial charge in [-0.2, -0.15) is 5.26 Å². The molecular formula is C21H19N3O4. The van der Waals surface area contributed by atoms with Crippen molar-refractivity contribution in [2.45, 2.75) is 27.3 Å². The maximum Gasteiger partial charge on any atom is 0.269 e. The van der Waals surface area contributed by atoms with Crippen LogP contribution in [0.15, 0.2) is 36.4 Å². The Balaban J connectivity index is 2.35. The summed E-state index contributed by atoms with van der Waals surface area (Å²) >= 11 is 0. The summed E-state index contributed by atoms with van der Waals surface area (Å²) in [6.07, 6.45) is 0. The van der Waals surface area contributed by atoms with Gasteiger partial charge < -0.3 is 9.30 Å². The van der Waals surface area contributed by atoms with Crippen molar-refractivity contribution in [3.8, 4) is 23.1 Å². The normalized spacial score (nSPS) is 10.6. The van der Waals surface area contributed by atoms with Gasteiger partial charge in [-0.05, 0) is 39.0 Å². The first-order valence-electron chi connectivity index (χ1n) is 8.91. The summed E-state index contributed by atoms with van der Waals surface area (Å²) in [6, 6.07) is 11.8. The molecule has 0 radical (unpaired) electrons. The molecule has 7 heteroatoms. The Morgan fingerprint density at radius 1 is 1.25 bits per heavy atom. The molecule has 0 amide bonds. The number of rotatable bonds is 6. The van der Waals surface area contributed by atoms with E-state index in [4.69, 9.17) is 4.74 Å². The summed E-state index contributed by atoms with van der Waals surface area (Å²) in [5, 5.41) is 21.4. The molecule has 3 aromatic rings. The number of ether oxygens (including phenoxy) is 1. The molecule has 3 rings (SSSR count). The highest BCUT2D eigenvalue weighted by atomic mass is 16.6. The predicted molar refractivity (Wildman–Crippen MR) is 106 cm³/mol. The molecule has 0 spiro atoms. The number of carbonyl (C=O) groups is 1. The molecule has 1 aromatic heterocycles. The van der Waals surface area contributed by atoms with Crippen LogP contribution in [0.25, 0.3) is 22.2 Å². The molecule has 0 aliphatic carbocycles. The van der Waals surface area contributed by atoms with Gasteiger partial charge in [-0.25, -0.2) is 0 Å². The van der Waals surface area contributed by atoms with Crippen LogP contribution < -0.4 is 4.74 Å². The van der Waals surface area contributed by atoms with Crippen LogP contribution in [0.2, 0.25) is 0 Å². The number of hydrogen-bond acceptors (Lipinski definition) is 5. The summed E-state index contributed by atoms with van der Waals surface area (Å²) in [5.74, 6) is 0.338. The standard InChI is InChI=1S/C21H19N3O4/c1-4-23-19-11-20(28-5-2)16(13(3)25)10-17(19)18(12-22)21(23)14-6-8-15(9-7-14)24(26)27/h6-11H,4-5H2,1-3H3. The Hall–Kier alpha value is -3.66. The fourth-order valence-electron chi connectivity index (χ4n) is 3.41. The first-order chi connectivity index (χ1) is 13.4. The van der Waals surface area contributed by atoms with Crippen molar-refractivity contribution in [1.29, 1.82) is 5.26 Å². The molecule has 1 heterocycles. The monoisotopic (exact) mass is 377 g/mol. The highest BCUT2D eigenvalue weighted by Crippen LogP contribution is 2.37. The number of ketones is 1. The van der Waals surface area contributed by atoms with Crippen LogP contribution in [0.4, 0.5) is 5.69 Å². The number of nitriles is 1. The third kappa shape index (κ3) is 3.09. The Bertz CT molecular complexity index is 1120. The van der Waals surface area contributed by atoms with Crippen LogP contribution >= 0.6 is 0 Å². The van der Waals surface area contributed by atoms with Gasteiger partial charge in [0.25, 0.3) is 5.69 Å². The average molecular weight is 377 g/mol. The van der Waals surface area contributed by atoms with Gasteiger partial charge >= 0.3 is 0 Å². The largest absolute Gasteiger partial charge is 0.493 e. The lowest BCUT2D eigenvalue weighted by atomic mass is 10.0. The summed E-state index contributed by atoms with van der Waals surface area (Å²) in [5.41, 5.74) is 2.98. The second-order valence-corrected chi connectivity index (χ2v) is 6.24. The number of non-ortho nitro benzene ring substituents is 1. The molecule has 0 saturated heterocycles. The first-order valence-corrected chi connectivity index (χ1v) is 8.91. The molecule has 7 nitrogen and oxygen atoms in total. The van der Waals surface area contributed by atoms with E-state index in [1.54, 1.807) is 24.3 Å². The van der Waals surface area contributed by atoms with Gasteiger partial charge in [0.2, 0.25) is 0 Å². The number of fused-ring (bicyclic) bond motifs is 1. The summed E-state index contributed by atoms with van der Waals surface area (Å²) in [4.78, 5) is 22.6. The van der Waals surface area contributed by atoms with Crippen molar-refractivity contribution >= 4 is 22.4 Å². The first kappa shape index (κ1) is 19.1. The minimum Gasteiger partial charge on any atom is -0.493 e. The zero-order valence-corrected chi connectivity index (χ0v) is 15.9. The fraction of sp³-hybridized carbons (Fsp3) is 0.238. The maximum atomic E-state index is 12.1. The molecule has 28 heavy (non-hydrogen) atoms. The van der Waals surface area contributed by atoms with Gasteiger partial charge in [0, 0.05) is 35.7 Å². The topological polar surface area (TPSA) is 98.2 Å². The fourth-order valence-corrected chi connectivity index (χ4v) is 3.41. The summed E-state index contributed by atoms with van der Waals surface area (Å²) in [6.45, 7) is 6.25. The van der Waals surface area contributed by atoms with Crippen molar-refractivity contribution in [3.05, 3.63) is 57.6 Å². The minimum atomic E-state index is -0.460. The molecule has 0 atom stereocenters. The lowest BCUT2D eigenvalue weighted by molar-refractivity contribution is -0.384. The number of carbonyl (C=O) groups excluding carboxylic acids is 1. The van der Waals surface area contributed by atoms with Crippen LogP contribution in [-0.4, -0.2) is 21.9 Å². The Morgan fingerprint density at radius 3 is 2.43 bits per heavy atom. The van der Waals surface area contributed by atoms with Gasteiger partial charge in [-0.1, -0.05) is 0 Å². The third-order valence-electron chi connectivity index (χ3n) is 4.62. The highest BCUT2D eigenvalue weighted by molar-refractivity contribution is 6.04. The zero-order chi connectivity index (χ0) is 20.4. The van der Waals surface area contributed by atoms with Crippen molar-refractivity contribution in [2.24, 2.45) is 0 Å². The van der Waals surface area contributed by atoms with E-state index < -0.39 is 4.92 Å². The van der Waals surface area contributed by atoms with Gasteiger partial charge in [0.1, 0.15) is 11.8 Å². The number of aromatic nitrogens is 1. The Morgan fingerprint density at radius 2 is 1.93 bits per heavy atom. The number of benzene rings is 2. The number of nitrogens with zero attached hydrogens (tertiary/aromatic N) is 3. The van der Waals surface area contributed by atoms with Gasteiger partial charge in [0.05, 0.1) is 33.9 Å². The molecule has 142 valence electrons. The Labute approximate surface area is 161 Å². The number of nitro groups is 1. The third-order valence-corrected chi connectivity index (χ3v) is 4.62. The molecule has 0 aliphatic heterocycles. The SMILES string of the molecule is CCOc1cc2c(cc1C(C)=O)c(C#N)c(-c1ccc([N+](=O)[O-])cc1)n2CC. The van der Waals surface area contributed by atoms with Crippen molar-refractivity contribution in [3.63, 3.8) is 0 Å². The van der Waals surface area contributed by atoms with Crippen LogP contribution in [0.3, 0.4) is 0 Å². The highest BCUT2D eigenvalue weighted by Gasteiger charge is 2.22. The van der Waals surface area contributed by atoms with Crippen molar-refractivity contribution in [1.82, 2.24) is 4.57 Å². The number of aryl methyl sites for hydroxylation is 1. The van der Waals surface area contributed by atoms with E-state index in [2.05, 4.69) is 6.07 Å². The van der Waals surface area contributed by atoms with E-state index in [1.807, 2.05) is 18.4 Å². The second kappa shape index (κ2) is 7.53. The number of nitro benzene ring substituents is 1.